The number of methoxy groups -OCH3 is 1. The van der Waals surface area contributed by atoms with Crippen LogP contribution in [0.3, 0.4) is 0 Å². The highest BCUT2D eigenvalue weighted by Gasteiger charge is 2.11. The molecular weight excluding hydrogens is 233 g/mol. The van der Waals surface area contributed by atoms with Gasteiger partial charge in [0, 0.05) is 16.7 Å². The van der Waals surface area contributed by atoms with Gasteiger partial charge in [0.2, 0.25) is 0 Å². The highest BCUT2D eigenvalue weighted by molar-refractivity contribution is 7.10. The Balaban J connectivity index is 3.40. The third-order valence-electron chi connectivity index (χ3n) is 1.87. The van der Waals surface area contributed by atoms with E-state index < -0.39 is 0 Å². The maximum Gasteiger partial charge on any atom is 0.166 e. The lowest BCUT2D eigenvalue weighted by molar-refractivity contribution is 0.399. The maximum absolute atomic E-state index is 5.83. The summed E-state index contributed by atoms with van der Waals surface area (Å²) in [7, 11) is 3.69. The molecular formula is C10H11ClNO2P. The van der Waals surface area contributed by atoms with E-state index in [9.17, 15) is 0 Å². The van der Waals surface area contributed by atoms with E-state index in [1.165, 1.54) is 0 Å². The van der Waals surface area contributed by atoms with Gasteiger partial charge in [-0.05, 0) is 12.8 Å². The highest BCUT2D eigenvalue weighted by Crippen LogP contribution is 2.39. The molecule has 3 nitrogen and oxygen atoms in total. The predicted molar refractivity (Wildman–Crippen MR) is 67.4 cm³/mol. The minimum atomic E-state index is 0.381. The summed E-state index contributed by atoms with van der Waals surface area (Å²) in [5, 5.41) is 0.381. The third-order valence-corrected chi connectivity index (χ3v) is 2.33. The van der Waals surface area contributed by atoms with E-state index in [1.54, 1.807) is 19.2 Å². The van der Waals surface area contributed by atoms with Crippen molar-refractivity contribution < 1.29 is 9.26 Å². The number of rotatable bonds is 4. The molecule has 0 spiro atoms. The Hall–Kier alpha value is -1.05. The number of aliphatic imine (C=N–C) groups is 1. The van der Waals surface area contributed by atoms with Gasteiger partial charge in [-0.25, -0.2) is 0 Å². The molecule has 80 valence electrons. The molecule has 0 aliphatic rings. The van der Waals surface area contributed by atoms with Crippen LogP contribution in [0.25, 0.3) is 5.03 Å². The van der Waals surface area contributed by atoms with E-state index >= 15 is 0 Å². The summed E-state index contributed by atoms with van der Waals surface area (Å²) < 4.78 is 10.2. The summed E-state index contributed by atoms with van der Waals surface area (Å²) in [5.74, 6) is 1.11. The molecule has 0 saturated carbocycles. The Bertz CT molecular complexity index is 407. The summed E-state index contributed by atoms with van der Waals surface area (Å²) in [6, 6.07) is 3.39. The number of benzene rings is 1. The van der Waals surface area contributed by atoms with Gasteiger partial charge in [-0.1, -0.05) is 18.2 Å². The van der Waals surface area contributed by atoms with Gasteiger partial charge in [0.15, 0.2) is 11.5 Å². The fourth-order valence-corrected chi connectivity index (χ4v) is 1.48. The quantitative estimate of drug-likeness (QED) is 0.599. The number of nitrogens with zero attached hydrogens (tertiary/aromatic N) is 1. The molecule has 0 heterocycles. The maximum atomic E-state index is 5.83. The molecule has 0 aromatic heterocycles. The zero-order valence-electron chi connectivity index (χ0n) is 8.29. The standard InChI is InChI=1S/C10H11ClNO2P/c1-6(11)7-4-9(13-3)10(14-15)5-8(7)12-2/h4-5H,1-2,15H2,3H3. The van der Waals surface area contributed by atoms with E-state index in [2.05, 4.69) is 27.8 Å². The van der Waals surface area contributed by atoms with Gasteiger partial charge in [0.05, 0.1) is 22.3 Å². The average Bonchev–Trinajstić information content (AvgIpc) is 2.26. The largest absolute Gasteiger partial charge is 0.493 e. The Kier molecular flexibility index (Phi) is 4.13. The van der Waals surface area contributed by atoms with Crippen molar-refractivity contribution >= 4 is 38.5 Å². The molecule has 5 heteroatoms. The van der Waals surface area contributed by atoms with Crippen molar-refractivity contribution in [3.63, 3.8) is 0 Å². The van der Waals surface area contributed by atoms with Gasteiger partial charge in [-0.2, -0.15) is 0 Å². The second kappa shape index (κ2) is 5.15. The zero-order valence-corrected chi connectivity index (χ0v) is 10.2. The SMILES string of the molecule is C=Nc1cc(OP)c(OC)cc1C(=C)Cl. The number of hydrogen-bond acceptors (Lipinski definition) is 3. The van der Waals surface area contributed by atoms with Gasteiger partial charge in [-0.3, -0.25) is 4.99 Å². The lowest BCUT2D eigenvalue weighted by atomic mass is 10.1. The van der Waals surface area contributed by atoms with Crippen molar-refractivity contribution in [1.82, 2.24) is 0 Å². The van der Waals surface area contributed by atoms with Crippen molar-refractivity contribution in [2.75, 3.05) is 7.11 Å². The van der Waals surface area contributed by atoms with Crippen LogP contribution in [0.2, 0.25) is 0 Å². The van der Waals surface area contributed by atoms with Gasteiger partial charge in [-0.15, -0.1) is 0 Å². The molecule has 1 atom stereocenters. The number of halogens is 1. The molecule has 0 aliphatic carbocycles. The van der Waals surface area contributed by atoms with Gasteiger partial charge >= 0.3 is 0 Å². The van der Waals surface area contributed by atoms with Crippen molar-refractivity contribution in [2.24, 2.45) is 4.99 Å². The summed E-state index contributed by atoms with van der Waals surface area (Å²) in [5.41, 5.74) is 1.28. The summed E-state index contributed by atoms with van der Waals surface area (Å²) in [6.07, 6.45) is 0. The van der Waals surface area contributed by atoms with Crippen LogP contribution in [0.1, 0.15) is 5.56 Å². The molecule has 0 N–H and O–H groups in total. The first-order valence-corrected chi connectivity index (χ1v) is 4.89. The third kappa shape index (κ3) is 2.49. The zero-order chi connectivity index (χ0) is 11.4. The minimum absolute atomic E-state index is 0.381. The van der Waals surface area contributed by atoms with Crippen molar-refractivity contribution in [2.45, 2.75) is 0 Å². The topological polar surface area (TPSA) is 30.8 Å². The minimum Gasteiger partial charge on any atom is -0.493 e. The lowest BCUT2D eigenvalue weighted by Crippen LogP contribution is -1.89. The molecule has 1 aromatic rings. The molecule has 0 radical (unpaired) electrons. The summed E-state index contributed by atoms with van der Waals surface area (Å²) in [4.78, 5) is 3.84. The van der Waals surface area contributed by atoms with Crippen LogP contribution in [0.15, 0.2) is 23.7 Å². The average molecular weight is 244 g/mol. The second-order valence-corrected chi connectivity index (χ2v) is 3.39. The second-order valence-electron chi connectivity index (χ2n) is 2.70. The van der Waals surface area contributed by atoms with Gasteiger partial charge in [0.1, 0.15) is 0 Å². The van der Waals surface area contributed by atoms with Crippen LogP contribution in [-0.4, -0.2) is 13.8 Å². The van der Waals surface area contributed by atoms with Crippen LogP contribution >= 0.6 is 21.1 Å². The Labute approximate surface area is 96.0 Å². The number of hydrogen-bond donors (Lipinski definition) is 0. The first-order chi connectivity index (χ1) is 7.13. The Morgan fingerprint density at radius 3 is 2.53 bits per heavy atom. The fourth-order valence-electron chi connectivity index (χ4n) is 1.15. The monoisotopic (exact) mass is 243 g/mol. The molecule has 0 fully saturated rings. The van der Waals surface area contributed by atoms with Gasteiger partial charge in [0.25, 0.3) is 0 Å². The van der Waals surface area contributed by atoms with Crippen LogP contribution in [0.5, 0.6) is 11.5 Å². The number of ether oxygens (including phenoxy) is 1. The van der Waals surface area contributed by atoms with Crippen LogP contribution in [0.4, 0.5) is 5.69 Å². The normalized spacial score (nSPS) is 9.53. The molecule has 0 amide bonds. The summed E-state index contributed by atoms with van der Waals surface area (Å²) in [6.45, 7) is 7.09. The molecule has 15 heavy (non-hydrogen) atoms. The molecule has 0 bridgehead atoms. The van der Waals surface area contributed by atoms with E-state index in [1.807, 2.05) is 0 Å². The Morgan fingerprint density at radius 2 is 2.13 bits per heavy atom. The predicted octanol–water partition coefficient (Wildman–Crippen LogP) is 3.41. The van der Waals surface area contributed by atoms with Crippen LogP contribution in [0, 0.1) is 0 Å². The van der Waals surface area contributed by atoms with E-state index in [0.29, 0.717) is 27.8 Å². The molecule has 0 aliphatic heterocycles. The van der Waals surface area contributed by atoms with Crippen molar-refractivity contribution in [3.05, 3.63) is 24.3 Å². The lowest BCUT2D eigenvalue weighted by Gasteiger charge is -2.11. The molecule has 1 unspecified atom stereocenters. The van der Waals surface area contributed by atoms with Crippen LogP contribution in [-0.2, 0) is 0 Å². The molecule has 1 aromatic carbocycles. The fraction of sp³-hybridized carbons (Fsp3) is 0.100. The highest BCUT2D eigenvalue weighted by atomic mass is 35.5. The van der Waals surface area contributed by atoms with Crippen LogP contribution < -0.4 is 9.26 Å². The van der Waals surface area contributed by atoms with Gasteiger partial charge < -0.3 is 9.26 Å². The first-order valence-electron chi connectivity index (χ1n) is 4.04. The van der Waals surface area contributed by atoms with E-state index in [-0.39, 0.29) is 0 Å². The van der Waals surface area contributed by atoms with Crippen molar-refractivity contribution in [3.8, 4) is 11.5 Å². The first kappa shape index (κ1) is 12.0. The Morgan fingerprint density at radius 1 is 1.47 bits per heavy atom. The molecule has 1 rings (SSSR count). The van der Waals surface area contributed by atoms with E-state index in [0.717, 1.165) is 0 Å². The summed E-state index contributed by atoms with van der Waals surface area (Å²) >= 11 is 5.83. The van der Waals surface area contributed by atoms with Crippen molar-refractivity contribution in [1.29, 1.82) is 0 Å². The molecule has 0 saturated heterocycles. The smallest absolute Gasteiger partial charge is 0.166 e. The van der Waals surface area contributed by atoms with E-state index in [4.69, 9.17) is 20.9 Å².